The minimum atomic E-state index is -4.19. The van der Waals surface area contributed by atoms with Gasteiger partial charge in [0.1, 0.15) is 18.3 Å². The average molecular weight is 586 g/mol. The van der Waals surface area contributed by atoms with Crippen molar-refractivity contribution in [3.8, 4) is 5.75 Å². The highest BCUT2D eigenvalue weighted by molar-refractivity contribution is 7.92. The van der Waals surface area contributed by atoms with Gasteiger partial charge in [-0.2, -0.15) is 0 Å². The molecule has 1 N–H and O–H groups in total. The molecule has 40 heavy (non-hydrogen) atoms. The molecule has 0 aliphatic heterocycles. The first-order valence-electron chi connectivity index (χ1n) is 13.0. The predicted octanol–water partition coefficient (Wildman–Crippen LogP) is 5.27. The SMILES string of the molecule is CCOc1ccccc1N(CC(=O)N(Cc1cccc(Cl)c1)C(C)C(=O)NC(C)(C)C)S(=O)(=O)c1ccccc1. The minimum absolute atomic E-state index is 0.0222. The molecular weight excluding hydrogens is 550 g/mol. The maximum absolute atomic E-state index is 14.0. The molecule has 1 unspecified atom stereocenters. The first-order valence-corrected chi connectivity index (χ1v) is 14.8. The normalized spacial score (nSPS) is 12.3. The Hall–Kier alpha value is -3.56. The first kappa shape index (κ1) is 31.0. The van der Waals surface area contributed by atoms with E-state index < -0.39 is 34.1 Å². The number of amides is 2. The first-order chi connectivity index (χ1) is 18.8. The lowest BCUT2D eigenvalue weighted by Gasteiger charge is -2.33. The second-order valence-electron chi connectivity index (χ2n) is 10.3. The van der Waals surface area contributed by atoms with E-state index in [1.807, 2.05) is 20.8 Å². The second kappa shape index (κ2) is 13.2. The molecular formula is C30H36ClN3O5S. The number of hydrogen-bond acceptors (Lipinski definition) is 5. The van der Waals surface area contributed by atoms with Crippen LogP contribution in [0.5, 0.6) is 5.75 Å². The van der Waals surface area contributed by atoms with E-state index in [2.05, 4.69) is 5.32 Å². The molecule has 3 aromatic carbocycles. The largest absolute Gasteiger partial charge is 0.492 e. The Kier molecular flexibility index (Phi) is 10.2. The number of rotatable bonds is 11. The van der Waals surface area contributed by atoms with Gasteiger partial charge in [-0.3, -0.25) is 13.9 Å². The van der Waals surface area contributed by atoms with Crippen LogP contribution in [0.4, 0.5) is 5.69 Å². The van der Waals surface area contributed by atoms with Gasteiger partial charge in [-0.25, -0.2) is 8.42 Å². The van der Waals surface area contributed by atoms with Crippen LogP contribution in [-0.4, -0.2) is 49.9 Å². The summed E-state index contributed by atoms with van der Waals surface area (Å²) >= 11 is 6.19. The van der Waals surface area contributed by atoms with Crippen molar-refractivity contribution in [3.63, 3.8) is 0 Å². The van der Waals surface area contributed by atoms with Crippen molar-refractivity contribution >= 4 is 39.1 Å². The van der Waals surface area contributed by atoms with E-state index in [0.717, 1.165) is 4.31 Å². The van der Waals surface area contributed by atoms with Crippen LogP contribution >= 0.6 is 11.6 Å². The standard InChI is InChI=1S/C30H36ClN3O5S/c1-6-39-27-18-11-10-17-26(27)34(40(37,38)25-15-8-7-9-16-25)21-28(35)33(20-23-13-12-14-24(31)19-23)22(2)29(36)32-30(3,4)5/h7-19,22H,6,20-21H2,1-5H3,(H,32,36). The molecule has 2 amide bonds. The van der Waals surface area contributed by atoms with Gasteiger partial charge in [0.2, 0.25) is 11.8 Å². The Labute approximate surface area is 241 Å². The van der Waals surface area contributed by atoms with Gasteiger partial charge in [0.15, 0.2) is 0 Å². The number of carbonyl (C=O) groups excluding carboxylic acids is 2. The molecule has 8 nitrogen and oxygen atoms in total. The fourth-order valence-corrected chi connectivity index (χ4v) is 5.72. The Morgan fingerprint density at radius 1 is 0.975 bits per heavy atom. The minimum Gasteiger partial charge on any atom is -0.492 e. The molecule has 0 saturated heterocycles. The highest BCUT2D eigenvalue weighted by atomic mass is 35.5. The number of hydrogen-bond donors (Lipinski definition) is 1. The number of sulfonamides is 1. The van der Waals surface area contributed by atoms with Gasteiger partial charge >= 0.3 is 0 Å². The molecule has 0 bridgehead atoms. The summed E-state index contributed by atoms with van der Waals surface area (Å²) in [6, 6.07) is 20.6. The van der Waals surface area contributed by atoms with Crippen molar-refractivity contribution in [1.29, 1.82) is 0 Å². The Morgan fingerprint density at radius 3 is 2.25 bits per heavy atom. The monoisotopic (exact) mass is 585 g/mol. The molecule has 0 aliphatic carbocycles. The molecule has 0 aromatic heterocycles. The zero-order valence-corrected chi connectivity index (χ0v) is 25.0. The van der Waals surface area contributed by atoms with Gasteiger partial charge in [-0.1, -0.05) is 54.1 Å². The van der Waals surface area contributed by atoms with Crippen molar-refractivity contribution in [2.24, 2.45) is 0 Å². The molecule has 0 heterocycles. The van der Waals surface area contributed by atoms with E-state index in [-0.39, 0.29) is 23.0 Å². The molecule has 0 spiro atoms. The van der Waals surface area contributed by atoms with Crippen LogP contribution in [0, 0.1) is 0 Å². The third kappa shape index (κ3) is 7.99. The van der Waals surface area contributed by atoms with Crippen molar-refractivity contribution in [1.82, 2.24) is 10.2 Å². The lowest BCUT2D eigenvalue weighted by atomic mass is 10.1. The topological polar surface area (TPSA) is 96.0 Å². The van der Waals surface area contributed by atoms with Crippen LogP contribution < -0.4 is 14.4 Å². The van der Waals surface area contributed by atoms with E-state index in [1.165, 1.54) is 17.0 Å². The van der Waals surface area contributed by atoms with Crippen LogP contribution in [0.25, 0.3) is 0 Å². The molecule has 214 valence electrons. The molecule has 0 aliphatic rings. The second-order valence-corrected chi connectivity index (χ2v) is 12.6. The third-order valence-electron chi connectivity index (χ3n) is 5.95. The number of para-hydroxylation sites is 2. The summed E-state index contributed by atoms with van der Waals surface area (Å²) in [6.45, 7) is 8.74. The van der Waals surface area contributed by atoms with E-state index in [9.17, 15) is 18.0 Å². The van der Waals surface area contributed by atoms with Gasteiger partial charge in [-0.15, -0.1) is 0 Å². The van der Waals surface area contributed by atoms with Crippen molar-refractivity contribution in [2.75, 3.05) is 17.5 Å². The summed E-state index contributed by atoms with van der Waals surface area (Å²) in [5.41, 5.74) is 0.384. The zero-order chi connectivity index (χ0) is 29.5. The predicted molar refractivity (Wildman–Crippen MR) is 158 cm³/mol. The van der Waals surface area contributed by atoms with Gasteiger partial charge < -0.3 is 15.0 Å². The van der Waals surface area contributed by atoms with Crippen LogP contribution in [0.15, 0.2) is 83.8 Å². The number of halogens is 1. The summed E-state index contributed by atoms with van der Waals surface area (Å²) in [6.07, 6.45) is 0. The number of nitrogens with one attached hydrogen (secondary N) is 1. The zero-order valence-electron chi connectivity index (χ0n) is 23.4. The van der Waals surface area contributed by atoms with E-state index >= 15 is 0 Å². The maximum atomic E-state index is 14.0. The Bertz CT molecular complexity index is 1420. The summed E-state index contributed by atoms with van der Waals surface area (Å²) in [4.78, 5) is 28.6. The van der Waals surface area contributed by atoms with Gasteiger partial charge in [0.05, 0.1) is 17.2 Å². The number of ether oxygens (including phenoxy) is 1. The summed E-state index contributed by atoms with van der Waals surface area (Å²) in [7, 11) is -4.19. The highest BCUT2D eigenvalue weighted by Gasteiger charge is 2.34. The highest BCUT2D eigenvalue weighted by Crippen LogP contribution is 2.33. The summed E-state index contributed by atoms with van der Waals surface area (Å²) < 4.78 is 34.7. The van der Waals surface area contributed by atoms with Gasteiger partial charge in [-0.05, 0) is 76.6 Å². The van der Waals surface area contributed by atoms with E-state index in [0.29, 0.717) is 22.9 Å². The van der Waals surface area contributed by atoms with Crippen LogP contribution in [-0.2, 0) is 26.2 Å². The van der Waals surface area contributed by atoms with E-state index in [4.69, 9.17) is 16.3 Å². The smallest absolute Gasteiger partial charge is 0.264 e. The molecule has 1 atom stereocenters. The van der Waals surface area contributed by atoms with Crippen molar-refractivity contribution < 1.29 is 22.7 Å². The molecule has 0 fully saturated rings. The third-order valence-corrected chi connectivity index (χ3v) is 7.96. The number of anilines is 1. The van der Waals surface area contributed by atoms with Crippen molar-refractivity contribution in [3.05, 3.63) is 89.4 Å². The van der Waals surface area contributed by atoms with E-state index in [1.54, 1.807) is 80.6 Å². The number of benzene rings is 3. The molecule has 3 rings (SSSR count). The average Bonchev–Trinajstić information content (AvgIpc) is 2.90. The summed E-state index contributed by atoms with van der Waals surface area (Å²) in [5.74, 6) is -0.616. The number of nitrogens with zero attached hydrogens (tertiary/aromatic N) is 2. The van der Waals surface area contributed by atoms with Crippen LogP contribution in [0.1, 0.15) is 40.2 Å². The summed E-state index contributed by atoms with van der Waals surface area (Å²) in [5, 5.41) is 3.39. The van der Waals surface area contributed by atoms with Gasteiger partial charge in [0.25, 0.3) is 10.0 Å². The molecule has 0 radical (unpaired) electrons. The molecule has 10 heteroatoms. The lowest BCUT2D eigenvalue weighted by molar-refractivity contribution is -0.140. The van der Waals surface area contributed by atoms with Crippen molar-refractivity contribution in [2.45, 2.75) is 57.6 Å². The van der Waals surface area contributed by atoms with Crippen LogP contribution in [0.3, 0.4) is 0 Å². The fraction of sp³-hybridized carbons (Fsp3) is 0.333. The molecule has 0 saturated carbocycles. The van der Waals surface area contributed by atoms with Crippen LogP contribution in [0.2, 0.25) is 5.02 Å². The quantitative estimate of drug-likeness (QED) is 0.331. The number of carbonyl (C=O) groups is 2. The maximum Gasteiger partial charge on any atom is 0.264 e. The lowest BCUT2D eigenvalue weighted by Crippen LogP contribution is -2.54. The van der Waals surface area contributed by atoms with Gasteiger partial charge in [0, 0.05) is 17.1 Å². The Balaban J connectivity index is 2.08. The molecule has 3 aromatic rings. The fourth-order valence-electron chi connectivity index (χ4n) is 4.06. The Morgan fingerprint density at radius 2 is 1.62 bits per heavy atom.